The predicted octanol–water partition coefficient (Wildman–Crippen LogP) is 9.13. The van der Waals surface area contributed by atoms with Gasteiger partial charge in [-0.3, -0.25) is 9.98 Å². The number of hydrogen-bond acceptors (Lipinski definition) is 9. The normalized spacial score (nSPS) is 25.1. The topological polar surface area (TPSA) is 158 Å². The molecule has 8 rings (SSSR count). The largest absolute Gasteiger partial charge is 0.507 e. The molecule has 5 atom stereocenters. The Morgan fingerprint density at radius 2 is 1.67 bits per heavy atom. The third-order valence-corrected chi connectivity index (χ3v) is 13.9. The second kappa shape index (κ2) is 16.6. The monoisotopic (exact) mass is 783 g/mol. The number of fused-ring (bicyclic) bond motifs is 1. The van der Waals surface area contributed by atoms with Crippen molar-refractivity contribution >= 4 is 34.9 Å². The predicted molar refractivity (Wildman–Crippen MR) is 232 cm³/mol. The first kappa shape index (κ1) is 39.7. The smallest absolute Gasteiger partial charge is 0.169 e. The van der Waals surface area contributed by atoms with E-state index in [0.29, 0.717) is 54.0 Å². The molecule has 0 aromatic heterocycles. The van der Waals surface area contributed by atoms with Crippen molar-refractivity contribution in [2.75, 3.05) is 13.2 Å². The Labute approximate surface area is 341 Å². The van der Waals surface area contributed by atoms with Crippen LogP contribution in [0.3, 0.4) is 0 Å². The number of aromatic hydroxyl groups is 5. The molecule has 9 nitrogen and oxygen atoms in total. The first-order valence-electron chi connectivity index (χ1n) is 21.3. The SMILES string of the molecule is CCCCCc1cc(CCc2c(O)c(O)c3c(O)cccc3c2/C=C/c2ccc(O)c(O)c2)ccc1CNC[C@]1(C2=NCN=C2)CCC[C@@]23CCC[C@@H]2C=C[C@H](O)[C@@H]13. The van der Waals surface area contributed by atoms with E-state index in [1.807, 2.05) is 12.3 Å². The van der Waals surface area contributed by atoms with E-state index in [-0.39, 0.29) is 50.9 Å². The van der Waals surface area contributed by atoms with E-state index in [2.05, 4.69) is 47.6 Å². The fourth-order valence-electron chi connectivity index (χ4n) is 11.2. The van der Waals surface area contributed by atoms with Gasteiger partial charge in [0.05, 0.1) is 17.2 Å². The van der Waals surface area contributed by atoms with Gasteiger partial charge >= 0.3 is 0 Å². The van der Waals surface area contributed by atoms with Crippen molar-refractivity contribution in [3.63, 3.8) is 0 Å². The summed E-state index contributed by atoms with van der Waals surface area (Å²) < 4.78 is 0. The summed E-state index contributed by atoms with van der Waals surface area (Å²) in [4.78, 5) is 9.49. The third kappa shape index (κ3) is 7.28. The number of aliphatic hydroxyl groups is 1. The van der Waals surface area contributed by atoms with Gasteiger partial charge in [-0.15, -0.1) is 0 Å². The van der Waals surface area contributed by atoms with Crippen LogP contribution in [0.4, 0.5) is 0 Å². The van der Waals surface area contributed by atoms with Gasteiger partial charge in [-0.25, -0.2) is 0 Å². The average Bonchev–Trinajstić information content (AvgIpc) is 3.91. The first-order valence-corrected chi connectivity index (χ1v) is 21.3. The molecule has 0 saturated heterocycles. The van der Waals surface area contributed by atoms with Gasteiger partial charge in [-0.2, -0.15) is 0 Å². The average molecular weight is 784 g/mol. The minimum Gasteiger partial charge on any atom is -0.507 e. The Balaban J connectivity index is 1.06. The van der Waals surface area contributed by atoms with Crippen LogP contribution < -0.4 is 5.32 Å². The van der Waals surface area contributed by atoms with Crippen molar-refractivity contribution in [3.05, 3.63) is 100 Å². The number of allylic oxidation sites excluding steroid dienone is 1. The summed E-state index contributed by atoms with van der Waals surface area (Å²) in [7, 11) is 0. The first-order chi connectivity index (χ1) is 28.1. The molecule has 1 aliphatic heterocycles. The number of nitrogens with zero attached hydrogens (tertiary/aromatic N) is 2. The summed E-state index contributed by atoms with van der Waals surface area (Å²) in [6.07, 6.45) is 21.6. The molecule has 2 saturated carbocycles. The number of nitrogens with one attached hydrogen (secondary N) is 1. The van der Waals surface area contributed by atoms with E-state index in [1.165, 1.54) is 55.0 Å². The molecule has 2 fully saturated rings. The van der Waals surface area contributed by atoms with Gasteiger partial charge in [0.1, 0.15) is 12.4 Å². The van der Waals surface area contributed by atoms with E-state index >= 15 is 0 Å². The second-order valence-corrected chi connectivity index (χ2v) is 17.1. The standard InChI is InChI=1S/C49H57N3O6/c1-2-3-4-8-33-25-31(14-19-38-36(18-13-32-15-20-39(53)42(56)26-32)37-10-5-11-40(54)44(37)46(58)45(38)57)12-16-34(33)27-50-29-49(43-28-51-30-52-43)24-7-23-48-22-6-9-35(48)17-21-41(55)47(48)49/h5,10-13,15-18,20-21,25-26,28,35,41,47,50,53-58H,2-4,6-9,14,19,22-24,27,29-30H2,1H3/b18-13+/t35-,41+,47-,48+,49+/m1/s1. The highest BCUT2D eigenvalue weighted by Gasteiger charge is 2.62. The number of hydrogen-bond donors (Lipinski definition) is 7. The molecule has 4 aliphatic rings. The number of aliphatic imine (C=N–C) groups is 2. The summed E-state index contributed by atoms with van der Waals surface area (Å²) in [6.45, 7) is 4.12. The minimum atomic E-state index is -0.496. The zero-order chi connectivity index (χ0) is 40.4. The number of phenols is 5. The molecule has 4 aromatic rings. The highest BCUT2D eigenvalue weighted by molar-refractivity contribution is 6.34. The van der Waals surface area contributed by atoms with Crippen molar-refractivity contribution in [3.8, 4) is 28.7 Å². The van der Waals surface area contributed by atoms with Crippen LogP contribution in [0.5, 0.6) is 28.7 Å². The van der Waals surface area contributed by atoms with Crippen molar-refractivity contribution in [2.45, 2.75) is 96.6 Å². The minimum absolute atomic E-state index is 0.108. The van der Waals surface area contributed by atoms with E-state index in [1.54, 1.807) is 24.3 Å². The van der Waals surface area contributed by atoms with Gasteiger partial charge in [0.2, 0.25) is 0 Å². The highest BCUT2D eigenvalue weighted by atomic mass is 16.3. The number of aryl methyl sites for hydroxylation is 2. The summed E-state index contributed by atoms with van der Waals surface area (Å²) in [6, 6.07) is 16.2. The van der Waals surface area contributed by atoms with Crippen molar-refractivity contribution < 1.29 is 30.6 Å². The van der Waals surface area contributed by atoms with Gasteiger partial charge in [0.15, 0.2) is 23.0 Å². The Kier molecular flexibility index (Phi) is 11.4. The summed E-state index contributed by atoms with van der Waals surface area (Å²) >= 11 is 0. The van der Waals surface area contributed by atoms with Gasteiger partial charge in [-0.05, 0) is 114 Å². The molecular weight excluding hydrogens is 727 g/mol. The molecule has 0 radical (unpaired) electrons. The van der Waals surface area contributed by atoms with Crippen molar-refractivity contribution in [1.29, 1.82) is 0 Å². The van der Waals surface area contributed by atoms with Crippen molar-refractivity contribution in [1.82, 2.24) is 5.32 Å². The van der Waals surface area contributed by atoms with Crippen LogP contribution >= 0.6 is 0 Å². The molecule has 3 aliphatic carbocycles. The maximum atomic E-state index is 11.7. The second-order valence-electron chi connectivity index (χ2n) is 17.1. The van der Waals surface area contributed by atoms with Gasteiger partial charge < -0.3 is 36.0 Å². The molecule has 4 aromatic carbocycles. The molecule has 9 heteroatoms. The maximum Gasteiger partial charge on any atom is 0.169 e. The molecule has 0 bridgehead atoms. The van der Waals surface area contributed by atoms with Gasteiger partial charge in [0, 0.05) is 36.2 Å². The molecule has 1 heterocycles. The van der Waals surface area contributed by atoms with Crippen LogP contribution in [-0.4, -0.2) is 61.9 Å². The van der Waals surface area contributed by atoms with Crippen LogP contribution in [0.25, 0.3) is 22.9 Å². The lowest BCUT2D eigenvalue weighted by Crippen LogP contribution is -2.60. The maximum absolute atomic E-state index is 11.7. The quantitative estimate of drug-likeness (QED) is 0.0291. The van der Waals surface area contributed by atoms with Gasteiger partial charge in [0.25, 0.3) is 0 Å². The van der Waals surface area contributed by atoms with Crippen LogP contribution in [0.1, 0.15) is 98.1 Å². The number of phenolic OH excluding ortho intramolecular Hbond substituents is 5. The molecule has 58 heavy (non-hydrogen) atoms. The fourth-order valence-corrected chi connectivity index (χ4v) is 11.2. The highest BCUT2D eigenvalue weighted by Crippen LogP contribution is 2.64. The Hall–Kier alpha value is -5.12. The summed E-state index contributed by atoms with van der Waals surface area (Å²) in [5.41, 5.74) is 6.39. The lowest BCUT2D eigenvalue weighted by molar-refractivity contribution is -0.0761. The van der Waals surface area contributed by atoms with Crippen LogP contribution in [0.15, 0.2) is 76.7 Å². The molecule has 0 amide bonds. The van der Waals surface area contributed by atoms with Gasteiger partial charge in [-0.1, -0.05) is 93.3 Å². The van der Waals surface area contributed by atoms with Crippen LogP contribution in [-0.2, 0) is 25.8 Å². The lowest BCUT2D eigenvalue weighted by Gasteiger charge is -2.58. The van der Waals surface area contributed by atoms with Crippen molar-refractivity contribution in [2.24, 2.45) is 32.7 Å². The van der Waals surface area contributed by atoms with E-state index in [4.69, 9.17) is 4.99 Å². The number of benzene rings is 4. The number of aliphatic hydroxyl groups excluding tert-OH is 1. The molecule has 1 spiro atoms. The van der Waals surface area contributed by atoms with E-state index < -0.39 is 6.10 Å². The lowest BCUT2D eigenvalue weighted by atomic mass is 9.47. The Morgan fingerprint density at radius 3 is 2.48 bits per heavy atom. The zero-order valence-electron chi connectivity index (χ0n) is 33.5. The number of unbranched alkanes of at least 4 members (excludes halogenated alkanes) is 2. The fraction of sp³-hybridized carbons (Fsp3) is 0.429. The number of rotatable bonds is 14. The molecular formula is C49H57N3O6. The summed E-state index contributed by atoms with van der Waals surface area (Å²) in [5.74, 6) is -0.603. The Bertz CT molecular complexity index is 2300. The van der Waals surface area contributed by atoms with Crippen LogP contribution in [0.2, 0.25) is 0 Å². The zero-order valence-corrected chi connectivity index (χ0v) is 33.5. The van der Waals surface area contributed by atoms with E-state index in [9.17, 15) is 30.6 Å². The Morgan fingerprint density at radius 1 is 0.810 bits per heavy atom. The molecule has 304 valence electrons. The van der Waals surface area contributed by atoms with Crippen LogP contribution in [0, 0.1) is 22.7 Å². The molecule has 0 unspecified atom stereocenters. The third-order valence-electron chi connectivity index (χ3n) is 13.9. The summed E-state index contributed by atoms with van der Waals surface area (Å²) in [5, 5.41) is 69.6. The molecule has 7 N–H and O–H groups in total. The van der Waals surface area contributed by atoms with E-state index in [0.717, 1.165) is 56.3 Å².